The largest absolute Gasteiger partial charge is 0.248 e. The average Bonchev–Trinajstić information content (AvgIpc) is 3.35. The second-order valence-electron chi connectivity index (χ2n) is 5.14. The van der Waals surface area contributed by atoms with Gasteiger partial charge in [-0.2, -0.15) is 20.4 Å². The van der Waals surface area contributed by atoms with Gasteiger partial charge >= 0.3 is 0 Å². The Hall–Kier alpha value is -3.16. The first-order valence-electron chi connectivity index (χ1n) is 7.38. The number of rotatable bonds is 6. The lowest BCUT2D eigenvalue weighted by Gasteiger charge is -2.25. The van der Waals surface area contributed by atoms with Crippen molar-refractivity contribution in [3.05, 3.63) is 73.8 Å². The molecule has 116 valence electrons. The summed E-state index contributed by atoms with van der Waals surface area (Å²) in [6.45, 7) is 0. The SMILES string of the molecule is c1cnn(C(CC(n2cccn2)n2cccn2)n2cccn2)c1. The molecule has 0 aliphatic carbocycles. The third-order valence-electron chi connectivity index (χ3n) is 3.74. The Bertz CT molecular complexity index is 660. The van der Waals surface area contributed by atoms with Gasteiger partial charge in [0.2, 0.25) is 0 Å². The van der Waals surface area contributed by atoms with Crippen LogP contribution in [0.15, 0.2) is 73.8 Å². The van der Waals surface area contributed by atoms with E-state index < -0.39 is 0 Å². The Morgan fingerprint density at radius 1 is 0.522 bits per heavy atom. The van der Waals surface area contributed by atoms with Crippen molar-refractivity contribution in [2.45, 2.75) is 18.8 Å². The zero-order chi connectivity index (χ0) is 15.5. The van der Waals surface area contributed by atoms with Crippen LogP contribution in [0.4, 0.5) is 0 Å². The summed E-state index contributed by atoms with van der Waals surface area (Å²) < 4.78 is 7.58. The normalized spacial score (nSPS) is 11.6. The van der Waals surface area contributed by atoms with Crippen LogP contribution in [-0.2, 0) is 0 Å². The van der Waals surface area contributed by atoms with E-state index in [2.05, 4.69) is 20.4 Å². The van der Waals surface area contributed by atoms with Crippen molar-refractivity contribution in [2.75, 3.05) is 0 Å². The maximum atomic E-state index is 4.38. The van der Waals surface area contributed by atoms with Crippen molar-refractivity contribution in [1.82, 2.24) is 39.1 Å². The summed E-state index contributed by atoms with van der Waals surface area (Å²) in [5.41, 5.74) is 0. The van der Waals surface area contributed by atoms with E-state index in [4.69, 9.17) is 0 Å². The highest BCUT2D eigenvalue weighted by atomic mass is 15.5. The van der Waals surface area contributed by atoms with Gasteiger partial charge in [-0.3, -0.25) is 0 Å². The minimum atomic E-state index is -0.0709. The molecule has 0 saturated heterocycles. The first-order chi connectivity index (χ1) is 11.4. The summed E-state index contributed by atoms with van der Waals surface area (Å²) >= 11 is 0. The molecule has 4 aromatic heterocycles. The van der Waals surface area contributed by atoms with Gasteiger partial charge < -0.3 is 0 Å². The van der Waals surface area contributed by atoms with E-state index in [9.17, 15) is 0 Å². The summed E-state index contributed by atoms with van der Waals surface area (Å²) in [5.74, 6) is 0. The molecule has 8 nitrogen and oxygen atoms in total. The molecule has 0 radical (unpaired) electrons. The van der Waals surface area contributed by atoms with Crippen molar-refractivity contribution >= 4 is 0 Å². The molecule has 0 bridgehead atoms. The minimum absolute atomic E-state index is 0.0709. The summed E-state index contributed by atoms with van der Waals surface area (Å²) in [6, 6.07) is 7.64. The Morgan fingerprint density at radius 3 is 1.04 bits per heavy atom. The third kappa shape index (κ3) is 2.66. The Morgan fingerprint density at radius 2 is 0.826 bits per heavy atom. The summed E-state index contributed by atoms with van der Waals surface area (Å²) in [7, 11) is 0. The zero-order valence-corrected chi connectivity index (χ0v) is 12.4. The van der Waals surface area contributed by atoms with Crippen LogP contribution in [0.2, 0.25) is 0 Å². The number of aromatic nitrogens is 8. The molecule has 0 spiro atoms. The molecule has 0 aliphatic rings. The van der Waals surface area contributed by atoms with Crippen LogP contribution in [0.1, 0.15) is 18.8 Å². The molecule has 0 N–H and O–H groups in total. The fraction of sp³-hybridized carbons (Fsp3) is 0.200. The average molecular weight is 308 g/mol. The van der Waals surface area contributed by atoms with Crippen molar-refractivity contribution in [3.8, 4) is 0 Å². The lowest BCUT2D eigenvalue weighted by Crippen LogP contribution is -2.28. The molecule has 0 aliphatic heterocycles. The molecule has 4 heterocycles. The van der Waals surface area contributed by atoms with Crippen molar-refractivity contribution in [2.24, 2.45) is 0 Å². The smallest absolute Gasteiger partial charge is 0.147 e. The molecule has 0 unspecified atom stereocenters. The van der Waals surface area contributed by atoms with Crippen LogP contribution in [0.25, 0.3) is 0 Å². The molecule has 0 fully saturated rings. The van der Waals surface area contributed by atoms with Crippen LogP contribution in [0, 0.1) is 0 Å². The molecular formula is C15H16N8. The summed E-state index contributed by atoms with van der Waals surface area (Å²) in [6.07, 6.45) is 15.4. The van der Waals surface area contributed by atoms with E-state index >= 15 is 0 Å². The van der Waals surface area contributed by atoms with Gasteiger partial charge in [-0.05, 0) is 24.3 Å². The van der Waals surface area contributed by atoms with E-state index in [-0.39, 0.29) is 12.3 Å². The molecule has 0 amide bonds. The van der Waals surface area contributed by atoms with Crippen molar-refractivity contribution in [3.63, 3.8) is 0 Å². The summed E-state index contributed by atoms with van der Waals surface area (Å²) in [4.78, 5) is 0. The highest BCUT2D eigenvalue weighted by Crippen LogP contribution is 2.23. The van der Waals surface area contributed by atoms with Crippen LogP contribution in [0.3, 0.4) is 0 Å². The fourth-order valence-electron chi connectivity index (χ4n) is 2.69. The highest BCUT2D eigenvalue weighted by Gasteiger charge is 2.23. The number of hydrogen-bond donors (Lipinski definition) is 0. The quantitative estimate of drug-likeness (QED) is 0.543. The Labute approximate surface area is 132 Å². The molecule has 0 aromatic carbocycles. The standard InChI is InChI=1S/C15H16N8/c1-5-16-20(9-1)14(21-10-2-6-17-21)13-15(22-11-3-7-18-22)23-12-4-8-19-23/h1-12,14-15H,13H2. The third-order valence-corrected chi connectivity index (χ3v) is 3.74. The second-order valence-corrected chi connectivity index (χ2v) is 5.14. The lowest BCUT2D eigenvalue weighted by atomic mass is 10.2. The van der Waals surface area contributed by atoms with Crippen LogP contribution < -0.4 is 0 Å². The van der Waals surface area contributed by atoms with E-state index in [1.165, 1.54) is 0 Å². The predicted molar refractivity (Wildman–Crippen MR) is 82.4 cm³/mol. The monoisotopic (exact) mass is 308 g/mol. The van der Waals surface area contributed by atoms with Gasteiger partial charge in [0.05, 0.1) is 0 Å². The Balaban J connectivity index is 1.71. The second kappa shape index (κ2) is 5.91. The van der Waals surface area contributed by atoms with Gasteiger partial charge in [-0.1, -0.05) is 0 Å². The van der Waals surface area contributed by atoms with Gasteiger partial charge in [0.15, 0.2) is 0 Å². The van der Waals surface area contributed by atoms with E-state index in [0.717, 1.165) is 0 Å². The molecular weight excluding hydrogens is 292 g/mol. The predicted octanol–water partition coefficient (Wildman–Crippen LogP) is 1.66. The number of nitrogens with zero attached hydrogens (tertiary/aromatic N) is 8. The first kappa shape index (κ1) is 13.5. The molecule has 23 heavy (non-hydrogen) atoms. The highest BCUT2D eigenvalue weighted by molar-refractivity contribution is 4.91. The molecule has 4 rings (SSSR count). The van der Waals surface area contributed by atoms with Crippen molar-refractivity contribution in [1.29, 1.82) is 0 Å². The fourth-order valence-corrected chi connectivity index (χ4v) is 2.69. The molecule has 4 aromatic rings. The van der Waals surface area contributed by atoms with Gasteiger partial charge in [-0.15, -0.1) is 0 Å². The zero-order valence-electron chi connectivity index (χ0n) is 12.4. The van der Waals surface area contributed by atoms with Crippen LogP contribution in [-0.4, -0.2) is 39.1 Å². The van der Waals surface area contributed by atoms with Crippen LogP contribution >= 0.6 is 0 Å². The molecule has 0 atom stereocenters. The molecule has 0 saturated carbocycles. The minimum Gasteiger partial charge on any atom is -0.248 e. The molecule has 8 heteroatoms. The van der Waals surface area contributed by atoms with Gasteiger partial charge in [0.25, 0.3) is 0 Å². The van der Waals surface area contributed by atoms with E-state index in [1.54, 1.807) is 24.8 Å². The van der Waals surface area contributed by atoms with E-state index in [0.29, 0.717) is 6.42 Å². The van der Waals surface area contributed by atoms with Gasteiger partial charge in [-0.25, -0.2) is 18.7 Å². The maximum Gasteiger partial charge on any atom is 0.147 e. The Kier molecular flexibility index (Phi) is 3.47. The maximum absolute atomic E-state index is 4.38. The van der Waals surface area contributed by atoms with Gasteiger partial charge in [0, 0.05) is 56.0 Å². The van der Waals surface area contributed by atoms with Crippen molar-refractivity contribution < 1.29 is 0 Å². The van der Waals surface area contributed by atoms with Gasteiger partial charge in [0.1, 0.15) is 12.3 Å². The lowest BCUT2D eigenvalue weighted by molar-refractivity contribution is 0.237. The first-order valence-corrected chi connectivity index (χ1v) is 7.38. The topological polar surface area (TPSA) is 71.3 Å². The van der Waals surface area contributed by atoms with Crippen LogP contribution in [0.5, 0.6) is 0 Å². The number of hydrogen-bond acceptors (Lipinski definition) is 4. The van der Waals surface area contributed by atoms with E-state index in [1.807, 2.05) is 67.8 Å². The summed E-state index contributed by atoms with van der Waals surface area (Å²) in [5, 5.41) is 17.5.